The fourth-order valence-electron chi connectivity index (χ4n) is 2.18. The van der Waals surface area contributed by atoms with Crippen molar-refractivity contribution in [2.75, 3.05) is 19.7 Å². The van der Waals surface area contributed by atoms with Crippen LogP contribution in [-0.4, -0.2) is 36.0 Å². The van der Waals surface area contributed by atoms with Crippen LogP contribution in [0.3, 0.4) is 0 Å². The fraction of sp³-hybridized carbons (Fsp3) is 1.00. The van der Waals surface area contributed by atoms with Crippen LogP contribution in [0.5, 0.6) is 0 Å². The predicted octanol–water partition coefficient (Wildman–Crippen LogP) is 0.900. The van der Waals surface area contributed by atoms with Gasteiger partial charge < -0.3 is 15.5 Å². The molecule has 0 aromatic carbocycles. The maximum absolute atomic E-state index is 9.34. The van der Waals surface area contributed by atoms with Crippen molar-refractivity contribution in [3.63, 3.8) is 0 Å². The molecular weight excluding hydrogens is 178 g/mol. The molecule has 3 heteroatoms. The molecule has 1 unspecified atom stereocenters. The van der Waals surface area contributed by atoms with E-state index in [4.69, 9.17) is 5.11 Å². The van der Waals surface area contributed by atoms with Crippen molar-refractivity contribution in [2.45, 2.75) is 45.1 Å². The summed E-state index contributed by atoms with van der Waals surface area (Å²) in [4.78, 5) is 0. The molecule has 0 saturated heterocycles. The van der Waals surface area contributed by atoms with E-state index >= 15 is 0 Å². The summed E-state index contributed by atoms with van der Waals surface area (Å²) in [5, 5.41) is 21.7. The molecule has 84 valence electrons. The third-order valence-corrected chi connectivity index (χ3v) is 3.24. The molecule has 1 aliphatic rings. The molecule has 0 radical (unpaired) electrons. The van der Waals surface area contributed by atoms with Gasteiger partial charge in [-0.2, -0.15) is 0 Å². The molecule has 1 aliphatic carbocycles. The molecule has 0 bridgehead atoms. The standard InChI is InChI=1S/C11H23NO2/c1-10(14)4-7-12-8-11(9-13)5-2-3-6-11/h10,12-14H,2-9H2,1H3. The van der Waals surface area contributed by atoms with Crippen LogP contribution in [0.1, 0.15) is 39.0 Å². The van der Waals surface area contributed by atoms with Gasteiger partial charge in [0.2, 0.25) is 0 Å². The zero-order valence-corrected chi connectivity index (χ0v) is 9.13. The van der Waals surface area contributed by atoms with Crippen molar-refractivity contribution >= 4 is 0 Å². The number of hydrogen-bond donors (Lipinski definition) is 3. The van der Waals surface area contributed by atoms with E-state index < -0.39 is 0 Å². The molecule has 0 aromatic rings. The molecule has 0 heterocycles. The number of aliphatic hydroxyl groups excluding tert-OH is 2. The van der Waals surface area contributed by atoms with Crippen LogP contribution in [0.25, 0.3) is 0 Å². The smallest absolute Gasteiger partial charge is 0.0524 e. The Balaban J connectivity index is 2.15. The second-order valence-corrected chi connectivity index (χ2v) is 4.68. The highest BCUT2D eigenvalue weighted by atomic mass is 16.3. The Kier molecular flexibility index (Phi) is 4.85. The number of rotatable bonds is 6. The predicted molar refractivity (Wildman–Crippen MR) is 57.2 cm³/mol. The van der Waals surface area contributed by atoms with E-state index in [2.05, 4.69) is 5.32 Å². The molecular formula is C11H23NO2. The van der Waals surface area contributed by atoms with Gasteiger partial charge in [0.25, 0.3) is 0 Å². The van der Waals surface area contributed by atoms with E-state index in [1.165, 1.54) is 12.8 Å². The summed E-state index contributed by atoms with van der Waals surface area (Å²) in [7, 11) is 0. The molecule has 0 aliphatic heterocycles. The maximum atomic E-state index is 9.34. The van der Waals surface area contributed by atoms with Gasteiger partial charge in [-0.05, 0) is 32.7 Å². The minimum absolute atomic E-state index is 0.138. The van der Waals surface area contributed by atoms with Gasteiger partial charge in [0.05, 0.1) is 6.10 Å². The fourth-order valence-corrected chi connectivity index (χ4v) is 2.18. The van der Waals surface area contributed by atoms with Crippen LogP contribution in [0.15, 0.2) is 0 Å². The van der Waals surface area contributed by atoms with Gasteiger partial charge in [-0.3, -0.25) is 0 Å². The minimum Gasteiger partial charge on any atom is -0.396 e. The molecule has 0 amide bonds. The lowest BCUT2D eigenvalue weighted by molar-refractivity contribution is 0.125. The van der Waals surface area contributed by atoms with E-state index in [1.54, 1.807) is 6.92 Å². The van der Waals surface area contributed by atoms with Crippen LogP contribution in [0, 0.1) is 5.41 Å². The number of nitrogens with one attached hydrogen (secondary N) is 1. The van der Waals surface area contributed by atoms with Crippen LogP contribution < -0.4 is 5.32 Å². The Hall–Kier alpha value is -0.120. The summed E-state index contributed by atoms with van der Waals surface area (Å²) in [6, 6.07) is 0. The van der Waals surface area contributed by atoms with Crippen molar-refractivity contribution in [1.29, 1.82) is 0 Å². The highest BCUT2D eigenvalue weighted by molar-refractivity contribution is 4.85. The van der Waals surface area contributed by atoms with Crippen LogP contribution in [0.4, 0.5) is 0 Å². The van der Waals surface area contributed by atoms with Crippen molar-refractivity contribution in [1.82, 2.24) is 5.32 Å². The highest BCUT2D eigenvalue weighted by Gasteiger charge is 2.32. The highest BCUT2D eigenvalue weighted by Crippen LogP contribution is 2.36. The Labute approximate surface area is 86.5 Å². The topological polar surface area (TPSA) is 52.5 Å². The first-order valence-electron chi connectivity index (χ1n) is 5.68. The first kappa shape index (κ1) is 12.0. The Morgan fingerprint density at radius 2 is 2.00 bits per heavy atom. The van der Waals surface area contributed by atoms with Gasteiger partial charge in [0.1, 0.15) is 0 Å². The van der Waals surface area contributed by atoms with Crippen molar-refractivity contribution in [2.24, 2.45) is 5.41 Å². The lowest BCUT2D eigenvalue weighted by Crippen LogP contribution is -2.36. The maximum Gasteiger partial charge on any atom is 0.0524 e. The Morgan fingerprint density at radius 1 is 1.36 bits per heavy atom. The van der Waals surface area contributed by atoms with E-state index in [9.17, 15) is 5.11 Å². The summed E-state index contributed by atoms with van der Waals surface area (Å²) in [5.74, 6) is 0. The second-order valence-electron chi connectivity index (χ2n) is 4.68. The summed E-state index contributed by atoms with van der Waals surface area (Å²) >= 11 is 0. The van der Waals surface area contributed by atoms with Crippen molar-refractivity contribution in [3.8, 4) is 0 Å². The lowest BCUT2D eigenvalue weighted by Gasteiger charge is -2.26. The molecule has 3 N–H and O–H groups in total. The molecule has 0 spiro atoms. The summed E-state index contributed by atoms with van der Waals surface area (Å²) in [6.45, 7) is 3.85. The van der Waals surface area contributed by atoms with Crippen molar-refractivity contribution in [3.05, 3.63) is 0 Å². The first-order chi connectivity index (χ1) is 6.68. The molecule has 3 nitrogen and oxygen atoms in total. The molecule has 1 atom stereocenters. The first-order valence-corrected chi connectivity index (χ1v) is 5.68. The Morgan fingerprint density at radius 3 is 2.50 bits per heavy atom. The van der Waals surface area contributed by atoms with Crippen molar-refractivity contribution < 1.29 is 10.2 Å². The molecule has 1 rings (SSSR count). The van der Waals surface area contributed by atoms with E-state index in [1.807, 2.05) is 0 Å². The third kappa shape index (κ3) is 3.56. The number of hydrogen-bond acceptors (Lipinski definition) is 3. The lowest BCUT2D eigenvalue weighted by atomic mass is 9.87. The van der Waals surface area contributed by atoms with Crippen LogP contribution >= 0.6 is 0 Å². The summed E-state index contributed by atoms with van der Waals surface area (Å²) < 4.78 is 0. The molecule has 1 fully saturated rings. The van der Waals surface area contributed by atoms with Crippen LogP contribution in [-0.2, 0) is 0 Å². The molecule has 1 saturated carbocycles. The van der Waals surface area contributed by atoms with Crippen LogP contribution in [0.2, 0.25) is 0 Å². The normalized spacial score (nSPS) is 22.5. The van der Waals surface area contributed by atoms with Gasteiger partial charge in [-0.25, -0.2) is 0 Å². The zero-order valence-electron chi connectivity index (χ0n) is 9.13. The third-order valence-electron chi connectivity index (χ3n) is 3.24. The SMILES string of the molecule is CC(O)CCNCC1(CO)CCCC1. The van der Waals surface area contributed by atoms with E-state index in [0.717, 1.165) is 32.4 Å². The van der Waals surface area contributed by atoms with Gasteiger partial charge in [0, 0.05) is 18.6 Å². The van der Waals surface area contributed by atoms with Gasteiger partial charge >= 0.3 is 0 Å². The van der Waals surface area contributed by atoms with Gasteiger partial charge in [-0.15, -0.1) is 0 Å². The second kappa shape index (κ2) is 5.69. The van der Waals surface area contributed by atoms with E-state index in [-0.39, 0.29) is 11.5 Å². The minimum atomic E-state index is -0.226. The Bertz CT molecular complexity index is 153. The summed E-state index contributed by atoms with van der Waals surface area (Å²) in [5.41, 5.74) is 0.138. The van der Waals surface area contributed by atoms with E-state index in [0.29, 0.717) is 6.61 Å². The number of aliphatic hydroxyl groups is 2. The quantitative estimate of drug-likeness (QED) is 0.560. The average Bonchev–Trinajstić information content (AvgIpc) is 2.62. The monoisotopic (exact) mass is 201 g/mol. The van der Waals surface area contributed by atoms with Gasteiger partial charge in [0.15, 0.2) is 0 Å². The molecule has 14 heavy (non-hydrogen) atoms. The van der Waals surface area contributed by atoms with Gasteiger partial charge in [-0.1, -0.05) is 12.8 Å². The molecule has 0 aromatic heterocycles. The zero-order chi connectivity index (χ0) is 10.4. The summed E-state index contributed by atoms with van der Waals surface area (Å²) in [6.07, 6.45) is 5.35. The largest absolute Gasteiger partial charge is 0.396 e. The average molecular weight is 201 g/mol.